The van der Waals surface area contributed by atoms with Crippen LogP contribution in [0.5, 0.6) is 0 Å². The first-order valence-corrected chi connectivity index (χ1v) is 8.65. The van der Waals surface area contributed by atoms with Crippen molar-refractivity contribution in [2.75, 3.05) is 26.3 Å². The van der Waals surface area contributed by atoms with E-state index in [9.17, 15) is 18.0 Å². The topological polar surface area (TPSA) is 50.4 Å². The van der Waals surface area contributed by atoms with Crippen LogP contribution >= 0.6 is 12.4 Å². The Morgan fingerprint density at radius 3 is 2.69 bits per heavy atom. The molecule has 0 spiro atoms. The zero-order valence-corrected chi connectivity index (χ0v) is 15.2. The van der Waals surface area contributed by atoms with Crippen LogP contribution in [0.3, 0.4) is 0 Å². The highest BCUT2D eigenvalue weighted by Gasteiger charge is 2.40. The van der Waals surface area contributed by atoms with Crippen molar-refractivity contribution in [1.82, 2.24) is 10.6 Å². The number of hydrogen-bond donors (Lipinski definition) is 2. The van der Waals surface area contributed by atoms with Crippen LogP contribution in [-0.4, -0.2) is 38.3 Å². The summed E-state index contributed by atoms with van der Waals surface area (Å²) in [5.41, 5.74) is -0.355. The zero-order valence-electron chi connectivity index (χ0n) is 14.4. The van der Waals surface area contributed by atoms with Crippen molar-refractivity contribution in [3.8, 4) is 0 Å². The molecule has 1 saturated heterocycles. The third-order valence-electron chi connectivity index (χ3n) is 5.17. The van der Waals surface area contributed by atoms with Crippen LogP contribution in [0, 0.1) is 0 Å². The van der Waals surface area contributed by atoms with Crippen molar-refractivity contribution in [3.05, 3.63) is 35.4 Å². The lowest BCUT2D eigenvalue weighted by Gasteiger charge is -2.43. The van der Waals surface area contributed by atoms with Crippen LogP contribution in [0.4, 0.5) is 13.2 Å². The lowest BCUT2D eigenvalue weighted by molar-refractivity contribution is -0.137. The average molecular weight is 393 g/mol. The van der Waals surface area contributed by atoms with Crippen molar-refractivity contribution in [1.29, 1.82) is 0 Å². The molecule has 1 aromatic rings. The van der Waals surface area contributed by atoms with Crippen LogP contribution in [0.15, 0.2) is 24.3 Å². The Balaban J connectivity index is 0.00000243. The number of carbonyl (C=O) groups excluding carboxylic acids is 1. The van der Waals surface area contributed by atoms with E-state index < -0.39 is 11.7 Å². The molecule has 2 fully saturated rings. The molecular weight excluding hydrogens is 369 g/mol. The highest BCUT2D eigenvalue weighted by molar-refractivity contribution is 5.85. The SMILES string of the molecule is Cl.O=C(CC1COCCN1)NCC1(c2cccc(C(F)(F)F)c2)CCC1. The second-order valence-electron chi connectivity index (χ2n) is 6.92. The summed E-state index contributed by atoms with van der Waals surface area (Å²) >= 11 is 0. The van der Waals surface area contributed by atoms with E-state index >= 15 is 0 Å². The van der Waals surface area contributed by atoms with Gasteiger partial charge in [-0.1, -0.05) is 24.6 Å². The van der Waals surface area contributed by atoms with Crippen LogP contribution < -0.4 is 10.6 Å². The molecule has 146 valence electrons. The number of halogens is 4. The number of ether oxygens (including phenoxy) is 1. The Kier molecular flexibility index (Phi) is 6.93. The maximum absolute atomic E-state index is 13.0. The van der Waals surface area contributed by atoms with Crippen molar-refractivity contribution >= 4 is 18.3 Å². The van der Waals surface area contributed by atoms with Crippen molar-refractivity contribution in [3.63, 3.8) is 0 Å². The number of carbonyl (C=O) groups is 1. The first-order valence-electron chi connectivity index (χ1n) is 8.65. The number of nitrogens with one attached hydrogen (secondary N) is 2. The minimum Gasteiger partial charge on any atom is -0.378 e. The molecule has 0 aromatic heterocycles. The van der Waals surface area contributed by atoms with Crippen molar-refractivity contribution < 1.29 is 22.7 Å². The molecule has 1 atom stereocenters. The molecule has 2 N–H and O–H groups in total. The van der Waals surface area contributed by atoms with E-state index in [0.717, 1.165) is 31.9 Å². The van der Waals surface area contributed by atoms with E-state index in [1.54, 1.807) is 6.07 Å². The third kappa shape index (κ3) is 4.90. The van der Waals surface area contributed by atoms with Crippen LogP contribution in [0.1, 0.15) is 36.8 Å². The summed E-state index contributed by atoms with van der Waals surface area (Å²) in [6.07, 6.45) is -1.49. The second kappa shape index (κ2) is 8.59. The van der Waals surface area contributed by atoms with Gasteiger partial charge < -0.3 is 15.4 Å². The minimum absolute atomic E-state index is 0. The van der Waals surface area contributed by atoms with Crippen molar-refractivity contribution in [2.24, 2.45) is 0 Å². The summed E-state index contributed by atoms with van der Waals surface area (Å²) in [4.78, 5) is 12.2. The van der Waals surface area contributed by atoms with Gasteiger partial charge in [-0.2, -0.15) is 13.2 Å². The van der Waals surface area contributed by atoms with Gasteiger partial charge in [0.1, 0.15) is 0 Å². The lowest BCUT2D eigenvalue weighted by atomic mass is 9.64. The maximum Gasteiger partial charge on any atom is 0.416 e. The zero-order chi connectivity index (χ0) is 17.9. The molecule has 8 heteroatoms. The smallest absolute Gasteiger partial charge is 0.378 e. The van der Waals surface area contributed by atoms with Crippen LogP contribution in [-0.2, 0) is 21.1 Å². The summed E-state index contributed by atoms with van der Waals surface area (Å²) in [6, 6.07) is 5.49. The largest absolute Gasteiger partial charge is 0.416 e. The van der Waals surface area contributed by atoms with Gasteiger partial charge in [0.25, 0.3) is 0 Å². The molecule has 0 bridgehead atoms. The monoisotopic (exact) mass is 392 g/mol. The van der Waals surface area contributed by atoms with E-state index in [0.29, 0.717) is 31.7 Å². The Bertz CT molecular complexity index is 615. The van der Waals surface area contributed by atoms with Crippen LogP contribution in [0.2, 0.25) is 0 Å². The van der Waals surface area contributed by atoms with Gasteiger partial charge in [0.2, 0.25) is 5.91 Å². The van der Waals surface area contributed by atoms with Gasteiger partial charge in [-0.25, -0.2) is 0 Å². The van der Waals surface area contributed by atoms with E-state index in [2.05, 4.69) is 10.6 Å². The number of alkyl halides is 3. The fourth-order valence-corrected chi connectivity index (χ4v) is 3.51. The van der Waals surface area contributed by atoms with Gasteiger partial charge in [0.05, 0.1) is 18.8 Å². The van der Waals surface area contributed by atoms with Crippen LogP contribution in [0.25, 0.3) is 0 Å². The molecule has 1 unspecified atom stereocenters. The molecule has 4 nitrogen and oxygen atoms in total. The Morgan fingerprint density at radius 2 is 2.12 bits per heavy atom. The number of amides is 1. The van der Waals surface area contributed by atoms with Gasteiger partial charge in [-0.05, 0) is 24.5 Å². The Hall–Kier alpha value is -1.31. The minimum atomic E-state index is -4.35. The maximum atomic E-state index is 13.0. The lowest BCUT2D eigenvalue weighted by Crippen LogP contribution is -2.48. The molecule has 26 heavy (non-hydrogen) atoms. The van der Waals surface area contributed by atoms with Gasteiger partial charge in [-0.3, -0.25) is 4.79 Å². The fraction of sp³-hybridized carbons (Fsp3) is 0.611. The summed E-state index contributed by atoms with van der Waals surface area (Å²) in [5, 5.41) is 6.13. The first-order chi connectivity index (χ1) is 11.9. The standard InChI is InChI=1S/C18H23F3N2O2.ClH/c19-18(20,21)14-4-1-3-13(9-14)17(5-2-6-17)12-23-16(24)10-15-11-25-8-7-22-15;/h1,3-4,9,15,22H,2,5-8,10-12H2,(H,23,24);1H. The molecule has 3 rings (SSSR count). The first kappa shape index (κ1) is 21.0. The molecule has 2 aliphatic rings. The summed E-state index contributed by atoms with van der Waals surface area (Å²) in [5.74, 6) is -0.0961. The normalized spacial score (nSPS) is 22.0. The van der Waals surface area contributed by atoms with E-state index in [-0.39, 0.29) is 29.8 Å². The summed E-state index contributed by atoms with van der Waals surface area (Å²) < 4.78 is 44.2. The van der Waals surface area contributed by atoms with E-state index in [1.807, 2.05) is 0 Å². The Labute approximate surface area is 157 Å². The van der Waals surface area contributed by atoms with E-state index in [1.165, 1.54) is 12.1 Å². The highest BCUT2D eigenvalue weighted by Crippen LogP contribution is 2.44. The molecule has 1 amide bonds. The predicted molar refractivity (Wildman–Crippen MR) is 94.5 cm³/mol. The van der Waals surface area contributed by atoms with Gasteiger partial charge in [0, 0.05) is 31.0 Å². The number of benzene rings is 1. The van der Waals surface area contributed by atoms with Gasteiger partial charge in [-0.15, -0.1) is 12.4 Å². The quantitative estimate of drug-likeness (QED) is 0.809. The highest BCUT2D eigenvalue weighted by atomic mass is 35.5. The molecule has 1 heterocycles. The fourth-order valence-electron chi connectivity index (χ4n) is 3.51. The predicted octanol–water partition coefficient (Wildman–Crippen LogP) is 3.04. The molecule has 0 radical (unpaired) electrons. The average Bonchev–Trinajstić information content (AvgIpc) is 2.54. The number of morpholine rings is 1. The molecule has 1 aliphatic carbocycles. The number of hydrogen-bond acceptors (Lipinski definition) is 3. The molecule has 1 aliphatic heterocycles. The number of rotatable bonds is 5. The van der Waals surface area contributed by atoms with Gasteiger partial charge >= 0.3 is 6.18 Å². The third-order valence-corrected chi connectivity index (χ3v) is 5.17. The molecule has 1 saturated carbocycles. The molecule has 1 aromatic carbocycles. The second-order valence-corrected chi connectivity index (χ2v) is 6.92. The summed E-state index contributed by atoms with van der Waals surface area (Å²) in [6.45, 7) is 2.26. The van der Waals surface area contributed by atoms with Gasteiger partial charge in [0.15, 0.2) is 0 Å². The molecular formula is C18H24ClF3N2O2. The summed E-state index contributed by atoms with van der Waals surface area (Å²) in [7, 11) is 0. The van der Waals surface area contributed by atoms with Crippen molar-refractivity contribution in [2.45, 2.75) is 43.3 Å². The Morgan fingerprint density at radius 1 is 1.35 bits per heavy atom. The van der Waals surface area contributed by atoms with E-state index in [4.69, 9.17) is 4.74 Å².